The van der Waals surface area contributed by atoms with E-state index in [0.717, 1.165) is 117 Å². The SMILES string of the molecule is C=Cc1c(/C=C\C)c2cc3c(cc2n1-c1ccccc1)N(c1c(C(C)(C)O)cc(C(C)(C)C)cc1C(C)(C)O)c1cc(C(C)(C)C)cc2c1B3c1cc(C(C)(C)C)ccc1N2c1c(C(C)(C)O)cc(-c2cccc3c2oc2ccccc23)cc1C(C)(C)O. The summed E-state index contributed by atoms with van der Waals surface area (Å²) in [7, 11) is 0. The first-order valence-electron chi connectivity index (χ1n) is 31.2. The van der Waals surface area contributed by atoms with Crippen LogP contribution in [0.1, 0.15) is 175 Å². The number of allylic oxidation sites excluding steroid dienone is 1. The summed E-state index contributed by atoms with van der Waals surface area (Å²) in [5, 5.41) is 55.2. The molecule has 4 heterocycles. The van der Waals surface area contributed by atoms with Crippen LogP contribution in [-0.2, 0) is 38.6 Å². The van der Waals surface area contributed by atoms with Crippen LogP contribution in [0.4, 0.5) is 34.1 Å². The quantitative estimate of drug-likeness (QED) is 0.101. The molecule has 2 aromatic heterocycles. The molecule has 10 aromatic rings. The van der Waals surface area contributed by atoms with E-state index >= 15 is 0 Å². The Morgan fingerprint density at radius 2 is 0.966 bits per heavy atom. The summed E-state index contributed by atoms with van der Waals surface area (Å²) >= 11 is 0. The van der Waals surface area contributed by atoms with E-state index < -0.39 is 34.5 Å². The molecule has 0 amide bonds. The van der Waals surface area contributed by atoms with Gasteiger partial charge in [0.25, 0.3) is 6.71 Å². The highest BCUT2D eigenvalue weighted by Crippen LogP contribution is 2.55. The lowest BCUT2D eigenvalue weighted by Crippen LogP contribution is -2.62. The zero-order chi connectivity index (χ0) is 63.5. The van der Waals surface area contributed by atoms with Crippen molar-refractivity contribution in [2.45, 2.75) is 163 Å². The van der Waals surface area contributed by atoms with Crippen molar-refractivity contribution in [2.24, 2.45) is 0 Å². The molecule has 8 nitrogen and oxygen atoms in total. The number of rotatable bonds is 10. The van der Waals surface area contributed by atoms with Gasteiger partial charge in [0.1, 0.15) is 11.2 Å². The molecule has 4 N–H and O–H groups in total. The Kier molecular flexibility index (Phi) is 13.9. The van der Waals surface area contributed by atoms with E-state index in [2.05, 4.69) is 218 Å². The normalized spacial score (nSPS) is 14.2. The second-order valence-electron chi connectivity index (χ2n) is 30.0. The van der Waals surface area contributed by atoms with Gasteiger partial charge in [-0.1, -0.05) is 166 Å². The third kappa shape index (κ3) is 9.85. The minimum absolute atomic E-state index is 0.273. The molecule has 0 aliphatic carbocycles. The first-order chi connectivity index (χ1) is 41.0. The average Bonchev–Trinajstić information content (AvgIpc) is 0.774. The van der Waals surface area contributed by atoms with Crippen LogP contribution in [0.2, 0.25) is 0 Å². The summed E-state index contributed by atoms with van der Waals surface area (Å²) in [5.74, 6) is 0. The molecule has 0 fully saturated rings. The van der Waals surface area contributed by atoms with Gasteiger partial charge in [0.05, 0.1) is 45.0 Å². The van der Waals surface area contributed by atoms with Crippen LogP contribution in [-0.4, -0.2) is 31.7 Å². The molecule has 0 spiro atoms. The van der Waals surface area contributed by atoms with Crippen LogP contribution >= 0.6 is 0 Å². The molecule has 88 heavy (non-hydrogen) atoms. The van der Waals surface area contributed by atoms with Crippen molar-refractivity contribution >= 4 is 102 Å². The molecule has 0 saturated heterocycles. The van der Waals surface area contributed by atoms with E-state index in [-0.39, 0.29) is 10.8 Å². The Morgan fingerprint density at radius 3 is 1.50 bits per heavy atom. The average molecular weight is 1170 g/mol. The zero-order valence-electron chi connectivity index (χ0n) is 54.8. The van der Waals surface area contributed by atoms with Crippen LogP contribution in [0.15, 0.2) is 157 Å². The monoisotopic (exact) mass is 1170 g/mol. The number of hydrogen-bond acceptors (Lipinski definition) is 7. The van der Waals surface area contributed by atoms with Crippen molar-refractivity contribution in [3.05, 3.63) is 202 Å². The molecule has 8 aromatic carbocycles. The highest BCUT2D eigenvalue weighted by molar-refractivity contribution is 7.00. The number of hydrogen-bond donors (Lipinski definition) is 4. The number of aliphatic hydroxyl groups is 4. The van der Waals surface area contributed by atoms with Gasteiger partial charge in [-0.15, -0.1) is 0 Å². The second kappa shape index (κ2) is 20.3. The standard InChI is InChI=1S/C79H86BN3O5/c1-20-28-52-55-44-61-65(45-64(55)81(62(52)21-2)50-29-23-22-24-30-50)83(71-58(78(16,17)86)39-48(74(6,7)8)40-59(71)79(18,19)87)67-43-49(75(9,10)11)42-66-69(67)80(61)60-41-47(73(3,4)5)35-36-63(60)82(66)70-56(76(12,13)84)37-46(38-57(70)77(14,15)85)51-32-27-33-54-53-31-25-26-34-68(53)88-72(51)54/h20-45,84-87H,2H2,1,3-19H3/b28-20-. The molecule has 2 aliphatic heterocycles. The predicted octanol–water partition coefficient (Wildman–Crippen LogP) is 17.8. The van der Waals surface area contributed by atoms with Gasteiger partial charge in [0.15, 0.2) is 0 Å². The van der Waals surface area contributed by atoms with Gasteiger partial charge >= 0.3 is 0 Å². The lowest BCUT2D eigenvalue weighted by Gasteiger charge is -2.48. The Labute approximate surface area is 521 Å². The van der Waals surface area contributed by atoms with Crippen molar-refractivity contribution in [1.82, 2.24) is 4.57 Å². The second-order valence-corrected chi connectivity index (χ2v) is 30.0. The molecule has 0 atom stereocenters. The van der Waals surface area contributed by atoms with E-state index in [1.807, 2.05) is 85.7 Å². The number of benzene rings is 8. The Bertz CT molecular complexity index is 4460. The fraction of sp³-hybridized carbons (Fsp3) is 0.316. The molecule has 0 unspecified atom stereocenters. The third-order valence-electron chi connectivity index (χ3n) is 18.4. The van der Waals surface area contributed by atoms with E-state index in [1.165, 1.54) is 0 Å². The van der Waals surface area contributed by atoms with Crippen LogP contribution in [0.5, 0.6) is 0 Å². The van der Waals surface area contributed by atoms with Crippen molar-refractivity contribution in [1.29, 1.82) is 0 Å². The van der Waals surface area contributed by atoms with Crippen LogP contribution in [0.25, 0.3) is 61.8 Å². The summed E-state index contributed by atoms with van der Waals surface area (Å²) in [6, 6.07) is 49.6. The summed E-state index contributed by atoms with van der Waals surface area (Å²) in [4.78, 5) is 4.70. The zero-order valence-corrected chi connectivity index (χ0v) is 54.8. The summed E-state index contributed by atoms with van der Waals surface area (Å²) in [6.45, 7) is 40.9. The molecule has 9 heteroatoms. The maximum Gasteiger partial charge on any atom is 0.252 e. The van der Waals surface area contributed by atoms with Gasteiger partial charge in [0.2, 0.25) is 0 Å². The molecule has 0 radical (unpaired) electrons. The Morgan fingerprint density at radius 1 is 0.466 bits per heavy atom. The van der Waals surface area contributed by atoms with Crippen molar-refractivity contribution in [3.8, 4) is 16.8 Å². The highest BCUT2D eigenvalue weighted by atomic mass is 16.3. The van der Waals surface area contributed by atoms with Gasteiger partial charge in [-0.25, -0.2) is 0 Å². The van der Waals surface area contributed by atoms with E-state index in [1.54, 1.807) is 0 Å². The first kappa shape index (κ1) is 60.4. The number of anilines is 6. The van der Waals surface area contributed by atoms with E-state index in [9.17, 15) is 20.4 Å². The smallest absolute Gasteiger partial charge is 0.252 e. The Hall–Kier alpha value is -7.92. The maximum atomic E-state index is 13.1. The fourth-order valence-corrected chi connectivity index (χ4v) is 13.8. The van der Waals surface area contributed by atoms with Gasteiger partial charge in [-0.2, -0.15) is 0 Å². The summed E-state index contributed by atoms with van der Waals surface area (Å²) in [6.07, 6.45) is 6.24. The summed E-state index contributed by atoms with van der Waals surface area (Å²) < 4.78 is 9.02. The van der Waals surface area contributed by atoms with Crippen LogP contribution in [0, 0.1) is 0 Å². The maximum absolute atomic E-state index is 13.1. The lowest BCUT2D eigenvalue weighted by atomic mass is 9.33. The van der Waals surface area contributed by atoms with Gasteiger partial charge in [-0.3, -0.25) is 0 Å². The number of nitrogens with zero attached hydrogens (tertiary/aromatic N) is 3. The number of fused-ring (bicyclic) bond motifs is 8. The molecule has 0 saturated carbocycles. The van der Waals surface area contributed by atoms with E-state index in [0.29, 0.717) is 33.6 Å². The molecule has 2 aliphatic rings. The minimum atomic E-state index is -1.47. The van der Waals surface area contributed by atoms with Crippen molar-refractivity contribution in [3.63, 3.8) is 0 Å². The van der Waals surface area contributed by atoms with Crippen molar-refractivity contribution < 1.29 is 24.8 Å². The number of aromatic nitrogens is 1. The predicted molar refractivity (Wildman–Crippen MR) is 372 cm³/mol. The highest BCUT2D eigenvalue weighted by Gasteiger charge is 2.49. The fourth-order valence-electron chi connectivity index (χ4n) is 13.8. The molecule has 12 rings (SSSR count). The third-order valence-corrected chi connectivity index (χ3v) is 18.4. The topological polar surface area (TPSA) is 105 Å². The van der Waals surface area contributed by atoms with Gasteiger partial charge in [-0.05, 0) is 178 Å². The Balaban J connectivity index is 1.31. The summed E-state index contributed by atoms with van der Waals surface area (Å²) in [5.41, 5.74) is 14.0. The molecular weight excluding hydrogens is 1080 g/mol. The van der Waals surface area contributed by atoms with Crippen LogP contribution in [0.3, 0.4) is 0 Å². The van der Waals surface area contributed by atoms with Gasteiger partial charge in [0, 0.05) is 78.0 Å². The number of furan rings is 1. The lowest BCUT2D eigenvalue weighted by molar-refractivity contribution is 0.0717. The van der Waals surface area contributed by atoms with Gasteiger partial charge < -0.3 is 39.2 Å². The van der Waals surface area contributed by atoms with E-state index in [4.69, 9.17) is 4.42 Å². The molecule has 0 bridgehead atoms. The van der Waals surface area contributed by atoms with Crippen LogP contribution < -0.4 is 26.2 Å². The molecule has 450 valence electrons. The number of para-hydroxylation sites is 3. The minimum Gasteiger partial charge on any atom is -0.455 e. The van der Waals surface area contributed by atoms with Crippen molar-refractivity contribution in [2.75, 3.05) is 9.80 Å². The first-order valence-corrected chi connectivity index (χ1v) is 31.2. The largest absolute Gasteiger partial charge is 0.455 e. The molecular formula is C79H86BN3O5.